The SMILES string of the molecule is CC(N)C(c1cnn(C)c1)N(C)CCCc1ccccc1. The molecule has 21 heavy (non-hydrogen) atoms. The van der Waals surface area contributed by atoms with Gasteiger partial charge in [-0.15, -0.1) is 0 Å². The highest BCUT2D eigenvalue weighted by Crippen LogP contribution is 2.22. The summed E-state index contributed by atoms with van der Waals surface area (Å²) in [5.74, 6) is 0. The van der Waals surface area contributed by atoms with E-state index in [9.17, 15) is 0 Å². The van der Waals surface area contributed by atoms with Crippen LogP contribution in [0.4, 0.5) is 0 Å². The number of rotatable bonds is 7. The first kappa shape index (κ1) is 15.7. The van der Waals surface area contributed by atoms with Crippen molar-refractivity contribution in [3.8, 4) is 0 Å². The Bertz CT molecular complexity index is 533. The molecule has 0 aliphatic rings. The zero-order chi connectivity index (χ0) is 15.2. The molecule has 2 unspecified atom stereocenters. The van der Waals surface area contributed by atoms with Gasteiger partial charge in [-0.2, -0.15) is 5.10 Å². The minimum absolute atomic E-state index is 0.0796. The average molecular weight is 286 g/mol. The highest BCUT2D eigenvalue weighted by atomic mass is 15.2. The summed E-state index contributed by atoms with van der Waals surface area (Å²) in [5.41, 5.74) is 8.77. The topological polar surface area (TPSA) is 47.1 Å². The Balaban J connectivity index is 1.92. The zero-order valence-corrected chi connectivity index (χ0v) is 13.2. The Kier molecular flexibility index (Phi) is 5.53. The quantitative estimate of drug-likeness (QED) is 0.850. The second kappa shape index (κ2) is 7.38. The zero-order valence-electron chi connectivity index (χ0n) is 13.2. The van der Waals surface area contributed by atoms with Gasteiger partial charge in [-0.05, 0) is 38.9 Å². The molecule has 0 aliphatic heterocycles. The number of aromatic nitrogens is 2. The predicted molar refractivity (Wildman–Crippen MR) is 87.0 cm³/mol. The minimum atomic E-state index is 0.0796. The molecule has 4 nitrogen and oxygen atoms in total. The normalized spacial score (nSPS) is 14.3. The number of hydrogen-bond acceptors (Lipinski definition) is 3. The molecule has 2 atom stereocenters. The van der Waals surface area contributed by atoms with Crippen LogP contribution in [-0.2, 0) is 13.5 Å². The Labute approximate surface area is 127 Å². The fourth-order valence-corrected chi connectivity index (χ4v) is 2.87. The van der Waals surface area contributed by atoms with Gasteiger partial charge in [-0.25, -0.2) is 0 Å². The van der Waals surface area contributed by atoms with E-state index in [0.29, 0.717) is 0 Å². The monoisotopic (exact) mass is 286 g/mol. The second-order valence-electron chi connectivity index (χ2n) is 5.82. The summed E-state index contributed by atoms with van der Waals surface area (Å²) in [6.07, 6.45) is 6.21. The van der Waals surface area contributed by atoms with Crippen molar-refractivity contribution in [2.24, 2.45) is 12.8 Å². The predicted octanol–water partition coefficient (Wildman–Crippen LogP) is 2.37. The van der Waals surface area contributed by atoms with Crippen molar-refractivity contribution in [1.82, 2.24) is 14.7 Å². The smallest absolute Gasteiger partial charge is 0.0538 e. The number of nitrogens with zero attached hydrogens (tertiary/aromatic N) is 3. The van der Waals surface area contributed by atoms with Gasteiger partial charge in [-0.1, -0.05) is 30.3 Å². The lowest BCUT2D eigenvalue weighted by atomic mass is 10.0. The van der Waals surface area contributed by atoms with Gasteiger partial charge in [0.25, 0.3) is 0 Å². The maximum absolute atomic E-state index is 6.18. The first-order valence-corrected chi connectivity index (χ1v) is 7.56. The maximum atomic E-state index is 6.18. The van der Waals surface area contributed by atoms with Gasteiger partial charge in [0.15, 0.2) is 0 Å². The van der Waals surface area contributed by atoms with Crippen LogP contribution in [0.25, 0.3) is 0 Å². The lowest BCUT2D eigenvalue weighted by Gasteiger charge is -2.30. The van der Waals surface area contributed by atoms with E-state index in [0.717, 1.165) is 19.4 Å². The molecule has 114 valence electrons. The van der Waals surface area contributed by atoms with Gasteiger partial charge in [0.2, 0.25) is 0 Å². The van der Waals surface area contributed by atoms with Crippen molar-refractivity contribution in [3.05, 3.63) is 53.9 Å². The van der Waals surface area contributed by atoms with Gasteiger partial charge in [-0.3, -0.25) is 9.58 Å². The van der Waals surface area contributed by atoms with Crippen molar-refractivity contribution >= 4 is 0 Å². The molecule has 0 aliphatic carbocycles. The molecule has 2 aromatic rings. The molecule has 0 spiro atoms. The highest BCUT2D eigenvalue weighted by Gasteiger charge is 2.22. The number of benzene rings is 1. The molecular formula is C17H26N4. The molecule has 2 rings (SSSR count). The molecule has 0 saturated carbocycles. The van der Waals surface area contributed by atoms with E-state index in [-0.39, 0.29) is 12.1 Å². The molecule has 4 heteroatoms. The van der Waals surface area contributed by atoms with Gasteiger partial charge in [0.05, 0.1) is 12.2 Å². The summed E-state index contributed by atoms with van der Waals surface area (Å²) < 4.78 is 1.84. The van der Waals surface area contributed by atoms with E-state index in [1.165, 1.54) is 11.1 Å². The summed E-state index contributed by atoms with van der Waals surface area (Å²) in [7, 11) is 4.09. The summed E-state index contributed by atoms with van der Waals surface area (Å²) in [4.78, 5) is 2.34. The van der Waals surface area contributed by atoms with Crippen LogP contribution >= 0.6 is 0 Å². The van der Waals surface area contributed by atoms with Crippen molar-refractivity contribution in [1.29, 1.82) is 0 Å². The number of nitrogens with two attached hydrogens (primary N) is 1. The van der Waals surface area contributed by atoms with E-state index in [1.54, 1.807) is 0 Å². The molecule has 0 fully saturated rings. The summed E-state index contributed by atoms with van der Waals surface area (Å²) in [6, 6.07) is 10.9. The Morgan fingerprint density at radius 3 is 2.57 bits per heavy atom. The average Bonchev–Trinajstić information content (AvgIpc) is 2.86. The first-order valence-electron chi connectivity index (χ1n) is 7.56. The lowest BCUT2D eigenvalue weighted by molar-refractivity contribution is 0.216. The fourth-order valence-electron chi connectivity index (χ4n) is 2.87. The Morgan fingerprint density at radius 1 is 1.29 bits per heavy atom. The molecular weight excluding hydrogens is 260 g/mol. The van der Waals surface area contributed by atoms with Gasteiger partial charge < -0.3 is 5.73 Å². The van der Waals surface area contributed by atoms with Crippen LogP contribution in [0.2, 0.25) is 0 Å². The largest absolute Gasteiger partial charge is 0.326 e. The van der Waals surface area contributed by atoms with Crippen LogP contribution in [0.5, 0.6) is 0 Å². The third kappa shape index (κ3) is 4.41. The lowest BCUT2D eigenvalue weighted by Crippen LogP contribution is -2.37. The van der Waals surface area contributed by atoms with E-state index in [4.69, 9.17) is 5.73 Å². The number of hydrogen-bond donors (Lipinski definition) is 1. The van der Waals surface area contributed by atoms with Crippen LogP contribution in [0.15, 0.2) is 42.7 Å². The van der Waals surface area contributed by atoms with Crippen LogP contribution in [0.1, 0.15) is 30.5 Å². The molecule has 0 radical (unpaired) electrons. The third-order valence-corrected chi connectivity index (χ3v) is 3.86. The molecule has 0 amide bonds. The molecule has 0 saturated heterocycles. The Hall–Kier alpha value is -1.65. The van der Waals surface area contributed by atoms with Crippen LogP contribution in [0.3, 0.4) is 0 Å². The number of likely N-dealkylation sites (N-methyl/N-ethyl adjacent to an activating group) is 1. The van der Waals surface area contributed by atoms with Crippen molar-refractivity contribution < 1.29 is 0 Å². The van der Waals surface area contributed by atoms with Gasteiger partial charge in [0, 0.05) is 24.8 Å². The first-order chi connectivity index (χ1) is 10.1. The molecule has 1 aromatic carbocycles. The highest BCUT2D eigenvalue weighted by molar-refractivity contribution is 5.15. The Morgan fingerprint density at radius 2 is 2.00 bits per heavy atom. The van der Waals surface area contributed by atoms with E-state index >= 15 is 0 Å². The molecule has 2 N–H and O–H groups in total. The summed E-state index contributed by atoms with van der Waals surface area (Å²) in [5, 5.41) is 4.26. The van der Waals surface area contributed by atoms with Crippen LogP contribution in [0, 0.1) is 0 Å². The van der Waals surface area contributed by atoms with Crippen molar-refractivity contribution in [2.45, 2.75) is 31.8 Å². The molecule has 1 aromatic heterocycles. The second-order valence-corrected chi connectivity index (χ2v) is 5.82. The standard InChI is InChI=1S/C17H26N4/c1-14(18)17(16-12-19-21(3)13-16)20(2)11-7-10-15-8-5-4-6-9-15/h4-6,8-9,12-14,17H,7,10-11,18H2,1-3H3. The minimum Gasteiger partial charge on any atom is -0.326 e. The van der Waals surface area contributed by atoms with Gasteiger partial charge >= 0.3 is 0 Å². The number of aryl methyl sites for hydroxylation is 2. The third-order valence-electron chi connectivity index (χ3n) is 3.86. The molecule has 0 bridgehead atoms. The van der Waals surface area contributed by atoms with Crippen molar-refractivity contribution in [3.63, 3.8) is 0 Å². The molecule has 1 heterocycles. The van der Waals surface area contributed by atoms with Crippen LogP contribution < -0.4 is 5.73 Å². The van der Waals surface area contributed by atoms with Crippen molar-refractivity contribution in [2.75, 3.05) is 13.6 Å². The van der Waals surface area contributed by atoms with Gasteiger partial charge in [0.1, 0.15) is 0 Å². The summed E-state index contributed by atoms with van der Waals surface area (Å²) >= 11 is 0. The van der Waals surface area contributed by atoms with E-state index < -0.39 is 0 Å². The van der Waals surface area contributed by atoms with Crippen LogP contribution in [-0.4, -0.2) is 34.3 Å². The summed E-state index contributed by atoms with van der Waals surface area (Å²) in [6.45, 7) is 3.08. The van der Waals surface area contributed by atoms with E-state index in [1.807, 2.05) is 17.9 Å². The van der Waals surface area contributed by atoms with E-state index in [2.05, 4.69) is 60.5 Å². The fraction of sp³-hybridized carbons (Fsp3) is 0.471. The maximum Gasteiger partial charge on any atom is 0.0538 e.